The second-order valence-corrected chi connectivity index (χ2v) is 5.05. The number of hydrogen-bond donors (Lipinski definition) is 2. The molecule has 0 spiro atoms. The summed E-state index contributed by atoms with van der Waals surface area (Å²) in [6, 6.07) is 5.95. The Morgan fingerprint density at radius 1 is 1.50 bits per heavy atom. The van der Waals surface area contributed by atoms with Crippen molar-refractivity contribution >= 4 is 13.6 Å². The number of nitrogens with zero attached hydrogens (tertiary/aromatic N) is 1. The van der Waals surface area contributed by atoms with E-state index >= 15 is 0 Å². The minimum atomic E-state index is -3.88. The first-order valence-corrected chi connectivity index (χ1v) is 6.29. The van der Waals surface area contributed by atoms with Crippen LogP contribution in [0.2, 0.25) is 0 Å². The Morgan fingerprint density at radius 3 is 2.69 bits per heavy atom. The molecule has 88 valence electrons. The third-order valence-corrected chi connectivity index (χ3v) is 3.00. The zero-order valence-electron chi connectivity index (χ0n) is 8.37. The van der Waals surface area contributed by atoms with Gasteiger partial charge in [-0.1, -0.05) is 0 Å². The van der Waals surface area contributed by atoms with Crippen LogP contribution in [-0.2, 0) is 11.1 Å². The van der Waals surface area contributed by atoms with Crippen molar-refractivity contribution in [3.05, 3.63) is 52.3 Å². The number of rotatable bonds is 5. The van der Waals surface area contributed by atoms with Crippen molar-refractivity contribution in [2.24, 2.45) is 0 Å². The van der Waals surface area contributed by atoms with E-state index in [9.17, 15) is 19.9 Å². The van der Waals surface area contributed by atoms with Gasteiger partial charge in [-0.2, -0.15) is 0 Å². The van der Waals surface area contributed by atoms with Crippen LogP contribution in [0.3, 0.4) is 0 Å². The third-order valence-electron chi connectivity index (χ3n) is 1.89. The molecule has 0 aromatic heterocycles. The fraction of sp³-hybridized carbons (Fsp3) is 0.111. The summed E-state index contributed by atoms with van der Waals surface area (Å²) in [5, 5.41) is 10.6. The molecule has 0 saturated heterocycles. The van der Waals surface area contributed by atoms with Gasteiger partial charge in [-0.15, -0.1) is 0 Å². The van der Waals surface area contributed by atoms with E-state index in [1.165, 1.54) is 18.2 Å². The molecule has 0 amide bonds. The van der Waals surface area contributed by atoms with Crippen molar-refractivity contribution in [3.63, 3.8) is 0 Å². The van der Waals surface area contributed by atoms with Gasteiger partial charge >= 0.3 is 91.8 Å². The summed E-state index contributed by atoms with van der Waals surface area (Å²) in [6.07, 6.45) is 0. The predicted octanol–water partition coefficient (Wildman–Crippen LogP) is 1.73. The Bertz CT molecular complexity index is 407. The zero-order chi connectivity index (χ0) is 12.2. The molecule has 0 aliphatic heterocycles. The maximum atomic E-state index is 10.6. The van der Waals surface area contributed by atoms with Crippen molar-refractivity contribution in [2.45, 2.75) is 6.61 Å². The van der Waals surface area contributed by atoms with Gasteiger partial charge < -0.3 is 0 Å². The fourth-order valence-corrected chi connectivity index (χ4v) is 1.54. The molecule has 0 saturated carbocycles. The minimum absolute atomic E-state index is 0.114. The Hall–Kier alpha value is -1.33. The van der Waals surface area contributed by atoms with Crippen LogP contribution in [0.5, 0.6) is 0 Å². The summed E-state index contributed by atoms with van der Waals surface area (Å²) in [6.45, 7) is 2.97. The molecule has 0 atom stereocenters. The van der Waals surface area contributed by atoms with Crippen LogP contribution in [0.15, 0.2) is 36.7 Å². The number of benzene rings is 1. The topological polar surface area (TPSA) is 92.8 Å². The summed E-state index contributed by atoms with van der Waals surface area (Å²) < 4.78 is 4.78. The van der Waals surface area contributed by atoms with E-state index in [4.69, 9.17) is 4.52 Å². The second kappa shape index (κ2) is 5.14. The molecule has 0 heterocycles. The van der Waals surface area contributed by atoms with Crippen LogP contribution in [0.25, 0.3) is 0 Å². The first kappa shape index (κ1) is 12.7. The SMILES string of the molecule is C=C[PH](O)(O)OCc1ccccc1[N+](=O)[O-]. The summed E-state index contributed by atoms with van der Waals surface area (Å²) in [7, 11) is -3.88. The molecule has 16 heavy (non-hydrogen) atoms. The van der Waals surface area contributed by atoms with Crippen LogP contribution in [0, 0.1) is 10.1 Å². The van der Waals surface area contributed by atoms with Crippen molar-refractivity contribution < 1.29 is 19.2 Å². The molecule has 0 fully saturated rings. The van der Waals surface area contributed by atoms with Gasteiger partial charge in [0.2, 0.25) is 0 Å². The van der Waals surface area contributed by atoms with Crippen LogP contribution >= 0.6 is 7.94 Å². The zero-order valence-corrected chi connectivity index (χ0v) is 9.37. The third kappa shape index (κ3) is 3.36. The molecule has 0 aliphatic carbocycles. The van der Waals surface area contributed by atoms with E-state index in [-0.39, 0.29) is 17.9 Å². The quantitative estimate of drug-likeness (QED) is 0.468. The molecule has 1 rings (SSSR count). The van der Waals surface area contributed by atoms with Crippen molar-refractivity contribution in [2.75, 3.05) is 0 Å². The van der Waals surface area contributed by atoms with E-state index < -0.39 is 12.9 Å². The van der Waals surface area contributed by atoms with Gasteiger partial charge in [-0.05, 0) is 0 Å². The van der Waals surface area contributed by atoms with Crippen LogP contribution in [0.4, 0.5) is 5.69 Å². The first-order valence-electron chi connectivity index (χ1n) is 4.41. The normalized spacial score (nSPS) is 12.1. The molecule has 0 radical (unpaired) electrons. The average Bonchev–Trinajstić information content (AvgIpc) is 2.27. The molecule has 7 heteroatoms. The number of para-hydroxylation sites is 1. The number of nitro benzene ring substituents is 1. The molecule has 0 aliphatic rings. The molecular formula is C9H12NO5P. The monoisotopic (exact) mass is 245 g/mol. The molecule has 1 aromatic carbocycles. The molecule has 6 nitrogen and oxygen atoms in total. The van der Waals surface area contributed by atoms with Gasteiger partial charge in [0.05, 0.1) is 0 Å². The van der Waals surface area contributed by atoms with Gasteiger partial charge in [0.15, 0.2) is 0 Å². The second-order valence-electron chi connectivity index (χ2n) is 3.04. The molecule has 0 unspecified atom stereocenters. The standard InChI is InChI=1S/C9H12NO5P/c1-2-16(13,14)15-7-8-5-3-4-6-9(8)10(11)12/h2-6,13-14,16H,1,7H2. The Kier molecular flexibility index (Phi) is 4.09. The van der Waals surface area contributed by atoms with E-state index in [1.54, 1.807) is 6.07 Å². The van der Waals surface area contributed by atoms with Gasteiger partial charge in [0.1, 0.15) is 0 Å². The Balaban J connectivity index is 2.82. The first-order chi connectivity index (χ1) is 7.46. The summed E-state index contributed by atoms with van der Waals surface area (Å²) in [4.78, 5) is 28.5. The predicted molar refractivity (Wildman–Crippen MR) is 60.8 cm³/mol. The van der Waals surface area contributed by atoms with E-state index in [1.807, 2.05) is 0 Å². The molecular weight excluding hydrogens is 233 g/mol. The average molecular weight is 245 g/mol. The summed E-state index contributed by atoms with van der Waals surface area (Å²) >= 11 is 0. The number of hydrogen-bond acceptors (Lipinski definition) is 5. The Labute approximate surface area is 92.5 Å². The van der Waals surface area contributed by atoms with Crippen LogP contribution < -0.4 is 0 Å². The summed E-state index contributed by atoms with van der Waals surface area (Å²) in [5.74, 6) is 0.918. The van der Waals surface area contributed by atoms with Gasteiger partial charge in [0.25, 0.3) is 0 Å². The maximum absolute atomic E-state index is 10.6. The fourth-order valence-electron chi connectivity index (χ4n) is 1.05. The van der Waals surface area contributed by atoms with E-state index in [2.05, 4.69) is 6.58 Å². The molecule has 1 aromatic rings. The van der Waals surface area contributed by atoms with Crippen molar-refractivity contribution in [3.8, 4) is 0 Å². The molecule has 2 N–H and O–H groups in total. The van der Waals surface area contributed by atoms with Gasteiger partial charge in [-0.25, -0.2) is 0 Å². The number of nitro groups is 1. The van der Waals surface area contributed by atoms with E-state index in [0.29, 0.717) is 0 Å². The molecule has 0 bridgehead atoms. The van der Waals surface area contributed by atoms with Crippen molar-refractivity contribution in [1.82, 2.24) is 0 Å². The van der Waals surface area contributed by atoms with E-state index in [0.717, 1.165) is 5.82 Å². The summed E-state index contributed by atoms with van der Waals surface area (Å²) in [5.41, 5.74) is 0.172. The van der Waals surface area contributed by atoms with Crippen LogP contribution in [-0.4, -0.2) is 14.7 Å². The van der Waals surface area contributed by atoms with Crippen molar-refractivity contribution in [1.29, 1.82) is 0 Å². The van der Waals surface area contributed by atoms with Gasteiger partial charge in [0, 0.05) is 0 Å². The Morgan fingerprint density at radius 2 is 2.12 bits per heavy atom. The van der Waals surface area contributed by atoms with Crippen LogP contribution in [0.1, 0.15) is 5.56 Å². The van der Waals surface area contributed by atoms with Gasteiger partial charge in [-0.3, -0.25) is 0 Å².